The van der Waals surface area contributed by atoms with Crippen molar-refractivity contribution >= 4 is 0 Å². The van der Waals surface area contributed by atoms with Crippen LogP contribution in [0.1, 0.15) is 26.7 Å². The van der Waals surface area contributed by atoms with E-state index in [1.54, 1.807) is 0 Å². The summed E-state index contributed by atoms with van der Waals surface area (Å²) in [6.45, 7) is 6.68. The average molecular weight is 319 g/mol. The lowest BCUT2D eigenvalue weighted by molar-refractivity contribution is 0.378. The summed E-state index contributed by atoms with van der Waals surface area (Å²) >= 11 is 0. The molecule has 0 atom stereocenters. The van der Waals surface area contributed by atoms with Gasteiger partial charge in [0.2, 0.25) is 5.82 Å². The molecule has 1 heterocycles. The molecule has 1 aliphatic rings. The largest absolute Gasteiger partial charge is 0.374 e. The van der Waals surface area contributed by atoms with E-state index < -0.39 is 29.1 Å². The van der Waals surface area contributed by atoms with Crippen LogP contribution < -0.4 is 0 Å². The molecule has 0 bridgehead atoms. The lowest BCUT2D eigenvalue weighted by Crippen LogP contribution is -2.20. The first-order valence-electron chi connectivity index (χ1n) is 6.94. The Kier molecular flexibility index (Phi) is 7.08. The monoisotopic (exact) mass is 319 g/mol. The minimum absolute atomic E-state index is 0.0618. The van der Waals surface area contributed by atoms with Crippen molar-refractivity contribution < 1.29 is 22.0 Å². The van der Waals surface area contributed by atoms with Gasteiger partial charge in [-0.25, -0.2) is 22.0 Å². The zero-order valence-corrected chi connectivity index (χ0v) is 12.5. The fourth-order valence-corrected chi connectivity index (χ4v) is 1.68. The first-order chi connectivity index (χ1) is 10.4. The summed E-state index contributed by atoms with van der Waals surface area (Å²) in [6.07, 6.45) is 9.24. The standard InChI is InChI=1S/C10H17N.C6HF5/c1-3-4-7-11-8-5-10(2)6-9-11;7-2-1-3(8)5(10)6(11)4(2)9/h5-6,8H,3-4,7,9H2,1-2H3;1H. The van der Waals surface area contributed by atoms with Crippen LogP contribution in [0.4, 0.5) is 22.0 Å². The van der Waals surface area contributed by atoms with Crippen LogP contribution in [-0.4, -0.2) is 18.0 Å². The van der Waals surface area contributed by atoms with E-state index in [-0.39, 0.29) is 6.07 Å². The van der Waals surface area contributed by atoms with E-state index in [1.165, 1.54) is 25.0 Å². The van der Waals surface area contributed by atoms with Gasteiger partial charge in [0.15, 0.2) is 23.3 Å². The summed E-state index contributed by atoms with van der Waals surface area (Å²) in [6, 6.07) is -0.0618. The van der Waals surface area contributed by atoms with Gasteiger partial charge in [-0.3, -0.25) is 0 Å². The molecule has 0 saturated carbocycles. The second-order valence-corrected chi connectivity index (χ2v) is 4.89. The third kappa shape index (κ3) is 5.16. The zero-order valence-electron chi connectivity index (χ0n) is 12.5. The van der Waals surface area contributed by atoms with Crippen molar-refractivity contribution in [3.05, 3.63) is 59.1 Å². The third-order valence-electron chi connectivity index (χ3n) is 3.05. The summed E-state index contributed by atoms with van der Waals surface area (Å²) in [4.78, 5) is 2.36. The predicted octanol–water partition coefficient (Wildman–Crippen LogP) is 4.94. The second-order valence-electron chi connectivity index (χ2n) is 4.89. The molecule has 0 N–H and O–H groups in total. The number of benzene rings is 1. The smallest absolute Gasteiger partial charge is 0.200 e. The van der Waals surface area contributed by atoms with Crippen LogP contribution in [0.3, 0.4) is 0 Å². The van der Waals surface area contributed by atoms with E-state index >= 15 is 0 Å². The van der Waals surface area contributed by atoms with Gasteiger partial charge in [-0.05, 0) is 25.6 Å². The summed E-state index contributed by atoms with van der Waals surface area (Å²) in [5.41, 5.74) is 1.39. The molecule has 0 aromatic heterocycles. The first-order valence-corrected chi connectivity index (χ1v) is 6.94. The number of hydrogen-bond acceptors (Lipinski definition) is 1. The summed E-state index contributed by atoms with van der Waals surface area (Å²) < 4.78 is 60.0. The Labute approximate surface area is 126 Å². The molecule has 122 valence electrons. The van der Waals surface area contributed by atoms with Crippen molar-refractivity contribution in [3.8, 4) is 0 Å². The van der Waals surface area contributed by atoms with Crippen molar-refractivity contribution in [2.24, 2.45) is 0 Å². The molecule has 0 unspecified atom stereocenters. The summed E-state index contributed by atoms with van der Waals surface area (Å²) in [5, 5.41) is 0. The number of hydrogen-bond donors (Lipinski definition) is 0. The molecule has 0 spiro atoms. The van der Waals surface area contributed by atoms with Gasteiger partial charge in [-0.15, -0.1) is 0 Å². The van der Waals surface area contributed by atoms with Crippen molar-refractivity contribution in [1.82, 2.24) is 4.90 Å². The Morgan fingerprint density at radius 3 is 2.05 bits per heavy atom. The van der Waals surface area contributed by atoms with Crippen molar-refractivity contribution in [2.75, 3.05) is 13.1 Å². The molecular formula is C16H18F5N. The molecular weight excluding hydrogens is 301 g/mol. The van der Waals surface area contributed by atoms with Gasteiger partial charge in [0.1, 0.15) is 0 Å². The van der Waals surface area contributed by atoms with Crippen LogP contribution in [0.15, 0.2) is 30.0 Å². The molecule has 2 rings (SSSR count). The lowest BCUT2D eigenvalue weighted by Gasteiger charge is -2.21. The first kappa shape index (κ1) is 18.2. The average Bonchev–Trinajstić information content (AvgIpc) is 2.51. The molecule has 0 amide bonds. The molecule has 1 aromatic rings. The SMILES string of the molecule is CCCCN1C=CC(C)=CC1.Fc1cc(F)c(F)c(F)c1F. The van der Waals surface area contributed by atoms with Crippen LogP contribution in [-0.2, 0) is 0 Å². The Morgan fingerprint density at radius 2 is 1.59 bits per heavy atom. The molecule has 1 aromatic carbocycles. The molecule has 22 heavy (non-hydrogen) atoms. The molecule has 1 aliphatic heterocycles. The van der Waals surface area contributed by atoms with Crippen molar-refractivity contribution in [3.63, 3.8) is 0 Å². The van der Waals surface area contributed by atoms with Gasteiger partial charge in [-0.2, -0.15) is 0 Å². The minimum atomic E-state index is -2.14. The molecule has 6 heteroatoms. The van der Waals surface area contributed by atoms with E-state index in [1.807, 2.05) is 0 Å². The molecule has 0 saturated heterocycles. The lowest BCUT2D eigenvalue weighted by atomic mass is 10.2. The third-order valence-corrected chi connectivity index (χ3v) is 3.05. The van der Waals surface area contributed by atoms with E-state index in [0.29, 0.717) is 0 Å². The van der Waals surface area contributed by atoms with Gasteiger partial charge in [-0.1, -0.05) is 25.0 Å². The molecule has 0 fully saturated rings. The van der Waals surface area contributed by atoms with Gasteiger partial charge in [0.25, 0.3) is 0 Å². The normalized spacial score (nSPS) is 13.6. The Balaban J connectivity index is 0.000000220. The Bertz CT molecular complexity index is 540. The quantitative estimate of drug-likeness (QED) is 0.433. The number of unbranched alkanes of at least 4 members (excludes halogenated alkanes) is 1. The number of rotatable bonds is 3. The number of halogens is 5. The van der Waals surface area contributed by atoms with Crippen molar-refractivity contribution in [2.45, 2.75) is 26.7 Å². The van der Waals surface area contributed by atoms with E-state index in [0.717, 1.165) is 6.54 Å². The van der Waals surface area contributed by atoms with E-state index in [4.69, 9.17) is 0 Å². The predicted molar refractivity (Wildman–Crippen MR) is 75.6 cm³/mol. The maximum Gasteiger partial charge on any atom is 0.200 e. The highest BCUT2D eigenvalue weighted by Gasteiger charge is 2.18. The van der Waals surface area contributed by atoms with Crippen LogP contribution in [0.25, 0.3) is 0 Å². The molecule has 0 radical (unpaired) electrons. The van der Waals surface area contributed by atoms with E-state index in [2.05, 4.69) is 37.1 Å². The topological polar surface area (TPSA) is 3.24 Å². The molecule has 1 nitrogen and oxygen atoms in total. The van der Waals surface area contributed by atoms with Gasteiger partial charge < -0.3 is 4.90 Å². The highest BCUT2D eigenvalue weighted by molar-refractivity contribution is 5.19. The van der Waals surface area contributed by atoms with Gasteiger partial charge >= 0.3 is 0 Å². The maximum absolute atomic E-state index is 12.0. The molecule has 0 aliphatic carbocycles. The van der Waals surface area contributed by atoms with Crippen LogP contribution in [0, 0.1) is 29.1 Å². The van der Waals surface area contributed by atoms with Crippen LogP contribution in [0.5, 0.6) is 0 Å². The Morgan fingerprint density at radius 1 is 1.00 bits per heavy atom. The van der Waals surface area contributed by atoms with Crippen molar-refractivity contribution in [1.29, 1.82) is 0 Å². The van der Waals surface area contributed by atoms with Gasteiger partial charge in [0, 0.05) is 19.2 Å². The van der Waals surface area contributed by atoms with Gasteiger partial charge in [0.05, 0.1) is 0 Å². The summed E-state index contributed by atoms with van der Waals surface area (Å²) in [5.74, 6) is -9.65. The minimum Gasteiger partial charge on any atom is -0.374 e. The fourth-order valence-electron chi connectivity index (χ4n) is 1.68. The maximum atomic E-state index is 12.0. The zero-order chi connectivity index (χ0) is 16.7. The number of nitrogens with zero attached hydrogens (tertiary/aromatic N) is 1. The number of allylic oxidation sites excluding steroid dienone is 2. The Hall–Kier alpha value is -1.85. The van der Waals surface area contributed by atoms with Crippen LogP contribution >= 0.6 is 0 Å². The van der Waals surface area contributed by atoms with Crippen LogP contribution in [0.2, 0.25) is 0 Å². The second kappa shape index (κ2) is 8.56. The highest BCUT2D eigenvalue weighted by atomic mass is 19.2. The summed E-state index contributed by atoms with van der Waals surface area (Å²) in [7, 11) is 0. The highest BCUT2D eigenvalue weighted by Crippen LogP contribution is 2.16. The van der Waals surface area contributed by atoms with E-state index in [9.17, 15) is 22.0 Å². The fraction of sp³-hybridized carbons (Fsp3) is 0.375.